The number of benzene rings is 1. The minimum atomic E-state index is -0.00842. The van der Waals surface area contributed by atoms with Crippen molar-refractivity contribution in [1.82, 2.24) is 10.2 Å². The Morgan fingerprint density at radius 1 is 1.25 bits per heavy atom. The Balaban J connectivity index is 1.55. The van der Waals surface area contributed by atoms with E-state index in [-0.39, 0.29) is 12.1 Å². The van der Waals surface area contributed by atoms with Crippen LogP contribution in [0.3, 0.4) is 0 Å². The molecule has 1 aliphatic rings. The van der Waals surface area contributed by atoms with Gasteiger partial charge in [-0.05, 0) is 36.3 Å². The van der Waals surface area contributed by atoms with Crippen LogP contribution in [0.25, 0.3) is 0 Å². The first-order valence-corrected chi connectivity index (χ1v) is 9.40. The van der Waals surface area contributed by atoms with E-state index in [9.17, 15) is 4.79 Å². The smallest absolute Gasteiger partial charge is 0.317 e. The molecule has 0 unspecified atom stereocenters. The first-order valence-electron chi connectivity index (χ1n) is 8.52. The number of thiophene rings is 1. The largest absolute Gasteiger partial charge is 0.376 e. The third-order valence-electron chi connectivity index (χ3n) is 4.18. The summed E-state index contributed by atoms with van der Waals surface area (Å²) in [7, 11) is 0. The van der Waals surface area contributed by atoms with Crippen LogP contribution in [-0.4, -0.2) is 36.7 Å². The van der Waals surface area contributed by atoms with Crippen LogP contribution in [0.15, 0.2) is 47.8 Å². The molecule has 1 fully saturated rings. The molecule has 4 nitrogen and oxygen atoms in total. The summed E-state index contributed by atoms with van der Waals surface area (Å²) in [5.41, 5.74) is 1.14. The van der Waals surface area contributed by atoms with Crippen LogP contribution >= 0.6 is 11.3 Å². The third kappa shape index (κ3) is 5.08. The maximum absolute atomic E-state index is 12.6. The Labute approximate surface area is 147 Å². The fraction of sp³-hybridized carbons (Fsp3) is 0.421. The lowest BCUT2D eigenvalue weighted by atomic mass is 10.2. The van der Waals surface area contributed by atoms with Crippen LogP contribution in [0.1, 0.15) is 23.3 Å². The van der Waals surface area contributed by atoms with Crippen LogP contribution in [0, 0.1) is 0 Å². The standard InChI is InChI=1S/C19H24N2O2S/c22-19(20-11-10-18-9-5-13-24-18)21(15-17-8-4-12-23-17)14-16-6-2-1-3-7-16/h1-3,5-7,9,13,17H,4,8,10-12,14-15H2,(H,20,22)/t17-/m1/s1. The summed E-state index contributed by atoms with van der Waals surface area (Å²) in [4.78, 5) is 15.8. The molecule has 1 aliphatic heterocycles. The molecule has 0 bridgehead atoms. The van der Waals surface area contributed by atoms with E-state index in [2.05, 4.69) is 28.9 Å². The quantitative estimate of drug-likeness (QED) is 0.832. The molecule has 0 spiro atoms. The van der Waals surface area contributed by atoms with Gasteiger partial charge in [0.1, 0.15) is 0 Å². The molecule has 2 aromatic rings. The van der Waals surface area contributed by atoms with E-state index in [0.29, 0.717) is 19.6 Å². The van der Waals surface area contributed by atoms with Gasteiger partial charge in [0.25, 0.3) is 0 Å². The summed E-state index contributed by atoms with van der Waals surface area (Å²) >= 11 is 1.73. The molecule has 0 radical (unpaired) electrons. The van der Waals surface area contributed by atoms with Gasteiger partial charge in [-0.1, -0.05) is 36.4 Å². The first kappa shape index (κ1) is 17.0. The van der Waals surface area contributed by atoms with Gasteiger partial charge in [-0.3, -0.25) is 0 Å². The van der Waals surface area contributed by atoms with Gasteiger partial charge in [-0.15, -0.1) is 11.3 Å². The van der Waals surface area contributed by atoms with E-state index in [1.165, 1.54) is 4.88 Å². The van der Waals surface area contributed by atoms with Crippen LogP contribution in [0.4, 0.5) is 4.79 Å². The molecule has 0 saturated carbocycles. The summed E-state index contributed by atoms with van der Waals surface area (Å²) in [6.45, 7) is 2.74. The fourth-order valence-electron chi connectivity index (χ4n) is 2.92. The zero-order valence-corrected chi connectivity index (χ0v) is 14.6. The van der Waals surface area contributed by atoms with Gasteiger partial charge >= 0.3 is 6.03 Å². The molecule has 2 amide bonds. The Morgan fingerprint density at radius 3 is 2.83 bits per heavy atom. The van der Waals surface area contributed by atoms with E-state index >= 15 is 0 Å². The van der Waals surface area contributed by atoms with Crippen molar-refractivity contribution in [3.63, 3.8) is 0 Å². The van der Waals surface area contributed by atoms with Gasteiger partial charge in [0, 0.05) is 31.1 Å². The highest BCUT2D eigenvalue weighted by Gasteiger charge is 2.22. The maximum atomic E-state index is 12.6. The number of rotatable bonds is 7. The van der Waals surface area contributed by atoms with Crippen molar-refractivity contribution in [3.05, 3.63) is 58.3 Å². The highest BCUT2D eigenvalue weighted by atomic mass is 32.1. The number of amides is 2. The molecular formula is C19H24N2O2S. The molecule has 5 heteroatoms. The Hall–Kier alpha value is -1.85. The van der Waals surface area contributed by atoms with Crippen molar-refractivity contribution in [3.8, 4) is 0 Å². The molecule has 3 rings (SSSR count). The molecule has 1 aromatic heterocycles. The van der Waals surface area contributed by atoms with Crippen LogP contribution in [0.2, 0.25) is 0 Å². The normalized spacial score (nSPS) is 16.9. The number of carbonyl (C=O) groups is 1. The molecule has 2 heterocycles. The van der Waals surface area contributed by atoms with E-state index in [4.69, 9.17) is 4.74 Å². The Kier molecular flexibility index (Phi) is 6.26. The number of carbonyl (C=O) groups excluding carboxylic acids is 1. The van der Waals surface area contributed by atoms with Crippen molar-refractivity contribution >= 4 is 17.4 Å². The van der Waals surface area contributed by atoms with Crippen LogP contribution < -0.4 is 5.32 Å². The first-order chi connectivity index (χ1) is 11.8. The number of ether oxygens (including phenoxy) is 1. The molecule has 24 heavy (non-hydrogen) atoms. The summed E-state index contributed by atoms with van der Waals surface area (Å²) in [5, 5.41) is 5.12. The van der Waals surface area contributed by atoms with Gasteiger partial charge in [0.15, 0.2) is 0 Å². The van der Waals surface area contributed by atoms with Crippen molar-refractivity contribution in [2.24, 2.45) is 0 Å². The monoisotopic (exact) mass is 344 g/mol. The topological polar surface area (TPSA) is 41.6 Å². The molecule has 0 aliphatic carbocycles. The second kappa shape index (κ2) is 8.85. The molecule has 1 aromatic carbocycles. The van der Waals surface area contributed by atoms with E-state index < -0.39 is 0 Å². The fourth-order valence-corrected chi connectivity index (χ4v) is 3.63. The number of hydrogen-bond acceptors (Lipinski definition) is 3. The lowest BCUT2D eigenvalue weighted by Crippen LogP contribution is -2.43. The highest BCUT2D eigenvalue weighted by molar-refractivity contribution is 7.09. The number of urea groups is 1. The molecule has 1 N–H and O–H groups in total. The summed E-state index contributed by atoms with van der Waals surface area (Å²) in [6.07, 6.45) is 3.16. The maximum Gasteiger partial charge on any atom is 0.317 e. The zero-order chi connectivity index (χ0) is 16.6. The van der Waals surface area contributed by atoms with Gasteiger partial charge in [-0.2, -0.15) is 0 Å². The second-order valence-electron chi connectivity index (χ2n) is 6.06. The van der Waals surface area contributed by atoms with Gasteiger partial charge < -0.3 is 15.0 Å². The average Bonchev–Trinajstić information content (AvgIpc) is 3.29. The van der Waals surface area contributed by atoms with Crippen molar-refractivity contribution < 1.29 is 9.53 Å². The van der Waals surface area contributed by atoms with Crippen molar-refractivity contribution in [2.45, 2.75) is 31.9 Å². The average molecular weight is 344 g/mol. The number of nitrogens with one attached hydrogen (secondary N) is 1. The van der Waals surface area contributed by atoms with Crippen LogP contribution in [0.5, 0.6) is 0 Å². The van der Waals surface area contributed by atoms with Gasteiger partial charge in [0.2, 0.25) is 0 Å². The third-order valence-corrected chi connectivity index (χ3v) is 5.12. The summed E-state index contributed by atoms with van der Waals surface area (Å²) < 4.78 is 5.71. The molecule has 1 atom stereocenters. The minimum Gasteiger partial charge on any atom is -0.376 e. The lowest BCUT2D eigenvalue weighted by molar-refractivity contribution is 0.0795. The number of nitrogens with zero attached hydrogens (tertiary/aromatic N) is 1. The zero-order valence-electron chi connectivity index (χ0n) is 13.8. The lowest BCUT2D eigenvalue weighted by Gasteiger charge is -2.26. The molecular weight excluding hydrogens is 320 g/mol. The van der Waals surface area contributed by atoms with E-state index in [1.54, 1.807) is 11.3 Å². The van der Waals surface area contributed by atoms with Gasteiger partial charge in [0.05, 0.1) is 6.10 Å². The predicted octanol–water partition coefficient (Wildman–Crippen LogP) is 3.68. The Bertz CT molecular complexity index is 610. The second-order valence-corrected chi connectivity index (χ2v) is 7.09. The van der Waals surface area contributed by atoms with E-state index in [0.717, 1.165) is 31.4 Å². The summed E-state index contributed by atoms with van der Waals surface area (Å²) in [6, 6.07) is 14.3. The van der Waals surface area contributed by atoms with Gasteiger partial charge in [-0.25, -0.2) is 4.79 Å². The summed E-state index contributed by atoms with van der Waals surface area (Å²) in [5.74, 6) is 0. The molecule has 128 valence electrons. The van der Waals surface area contributed by atoms with Crippen LogP contribution in [-0.2, 0) is 17.7 Å². The Morgan fingerprint density at radius 2 is 2.12 bits per heavy atom. The van der Waals surface area contributed by atoms with Crippen molar-refractivity contribution in [1.29, 1.82) is 0 Å². The minimum absolute atomic E-state index is 0.00842. The highest BCUT2D eigenvalue weighted by Crippen LogP contribution is 2.15. The van der Waals surface area contributed by atoms with Crippen molar-refractivity contribution in [2.75, 3.05) is 19.7 Å². The molecule has 1 saturated heterocycles. The predicted molar refractivity (Wildman–Crippen MR) is 97.2 cm³/mol. The number of hydrogen-bond donors (Lipinski definition) is 1. The van der Waals surface area contributed by atoms with E-state index in [1.807, 2.05) is 29.2 Å². The SMILES string of the molecule is O=C(NCCc1cccs1)N(Cc1ccccc1)C[C@H]1CCCO1.